The molecule has 2 rings (SSSR count). The van der Waals surface area contributed by atoms with Crippen molar-refractivity contribution in [3.8, 4) is 0 Å². The quantitative estimate of drug-likeness (QED) is 0.493. The van der Waals surface area contributed by atoms with Gasteiger partial charge in [0.05, 0.1) is 12.2 Å². The fourth-order valence-electron chi connectivity index (χ4n) is 2.69. The third kappa shape index (κ3) is 4.61. The van der Waals surface area contributed by atoms with E-state index in [-0.39, 0.29) is 28.3 Å². The first-order valence-electron chi connectivity index (χ1n) is 7.98. The first-order chi connectivity index (χ1) is 11.3. The average molecular weight is 329 g/mol. The first kappa shape index (κ1) is 18.1. The molecular weight excluding hydrogens is 306 g/mol. The summed E-state index contributed by atoms with van der Waals surface area (Å²) >= 11 is 0. The molecule has 5 nitrogen and oxygen atoms in total. The lowest BCUT2D eigenvalue weighted by atomic mass is 9.74. The van der Waals surface area contributed by atoms with Gasteiger partial charge in [0.2, 0.25) is 0 Å². The normalized spacial score (nSPS) is 16.9. The molecule has 1 aromatic carbocycles. The highest BCUT2D eigenvalue weighted by atomic mass is 16.5. The molecule has 1 aliphatic rings. The third-order valence-corrected chi connectivity index (χ3v) is 4.00. The van der Waals surface area contributed by atoms with Gasteiger partial charge in [-0.15, -0.1) is 0 Å². The molecule has 5 heteroatoms. The first-order valence-corrected chi connectivity index (χ1v) is 7.98. The van der Waals surface area contributed by atoms with Crippen molar-refractivity contribution in [1.82, 2.24) is 0 Å². The van der Waals surface area contributed by atoms with E-state index in [0.29, 0.717) is 31.4 Å². The second-order valence-electron chi connectivity index (χ2n) is 6.81. The van der Waals surface area contributed by atoms with Crippen LogP contribution in [-0.4, -0.2) is 31.1 Å². The largest absolute Gasteiger partial charge is 0.384 e. The minimum Gasteiger partial charge on any atom is -0.384 e. The predicted octanol–water partition coefficient (Wildman–Crippen LogP) is 3.16. The minimum atomic E-state index is -0.268. The van der Waals surface area contributed by atoms with Crippen molar-refractivity contribution in [2.45, 2.75) is 33.1 Å². The molecule has 1 aromatic rings. The Bertz CT molecular complexity index is 649. The number of anilines is 1. The van der Waals surface area contributed by atoms with Crippen LogP contribution in [0.4, 0.5) is 5.69 Å². The van der Waals surface area contributed by atoms with E-state index in [4.69, 9.17) is 4.74 Å². The van der Waals surface area contributed by atoms with Gasteiger partial charge in [-0.05, 0) is 29.7 Å². The van der Waals surface area contributed by atoms with E-state index in [1.54, 1.807) is 31.4 Å². The van der Waals surface area contributed by atoms with E-state index < -0.39 is 0 Å². The van der Waals surface area contributed by atoms with E-state index in [2.05, 4.69) is 5.32 Å². The number of benzene rings is 1. The number of methoxy groups -OCH3 is 1. The average Bonchev–Trinajstić information content (AvgIpc) is 2.51. The lowest BCUT2D eigenvalue weighted by Crippen LogP contribution is -2.31. The number of rotatable bonds is 6. The Morgan fingerprint density at radius 3 is 2.29 bits per heavy atom. The maximum atomic E-state index is 12.1. The van der Waals surface area contributed by atoms with E-state index >= 15 is 0 Å². The lowest BCUT2D eigenvalue weighted by molar-refractivity contribution is -0.127. The standard InChI is InChI=1S/C19H23NO4/c1-19(2)10-17(22)15(18(23)11-19)12-20-14-6-4-13(5-7-14)16(21)8-9-24-3/h4-7,12,20H,8-11H2,1-3H3. The van der Waals surface area contributed by atoms with Gasteiger partial charge in [-0.2, -0.15) is 0 Å². The summed E-state index contributed by atoms with van der Waals surface area (Å²) < 4.78 is 4.89. The van der Waals surface area contributed by atoms with Crippen LogP contribution in [0.2, 0.25) is 0 Å². The Labute approximate surface area is 142 Å². The summed E-state index contributed by atoms with van der Waals surface area (Å²) in [6, 6.07) is 6.93. The molecule has 0 heterocycles. The number of ether oxygens (including phenoxy) is 1. The van der Waals surface area contributed by atoms with Crippen LogP contribution in [-0.2, 0) is 14.3 Å². The molecular formula is C19H23NO4. The summed E-state index contributed by atoms with van der Waals surface area (Å²) in [5.41, 5.74) is 1.28. The second-order valence-corrected chi connectivity index (χ2v) is 6.81. The van der Waals surface area contributed by atoms with Crippen LogP contribution in [0.1, 0.15) is 43.5 Å². The highest BCUT2D eigenvalue weighted by Crippen LogP contribution is 2.33. The third-order valence-electron chi connectivity index (χ3n) is 4.00. The maximum absolute atomic E-state index is 12.1. The topological polar surface area (TPSA) is 72.5 Å². The molecule has 0 aliphatic heterocycles. The minimum absolute atomic E-state index is 0.0154. The summed E-state index contributed by atoms with van der Waals surface area (Å²) in [4.78, 5) is 36.1. The van der Waals surface area contributed by atoms with Gasteiger partial charge in [0.25, 0.3) is 0 Å². The molecule has 0 amide bonds. The fraction of sp³-hybridized carbons (Fsp3) is 0.421. The number of Topliss-reactive ketones (excluding diaryl/α,β-unsaturated/α-hetero) is 3. The smallest absolute Gasteiger partial charge is 0.168 e. The molecule has 1 fully saturated rings. The van der Waals surface area contributed by atoms with Gasteiger partial charge in [0.1, 0.15) is 0 Å². The van der Waals surface area contributed by atoms with E-state index in [1.807, 2.05) is 13.8 Å². The molecule has 1 N–H and O–H groups in total. The van der Waals surface area contributed by atoms with Crippen molar-refractivity contribution in [1.29, 1.82) is 0 Å². The maximum Gasteiger partial charge on any atom is 0.168 e. The molecule has 24 heavy (non-hydrogen) atoms. The molecule has 0 atom stereocenters. The number of hydrogen-bond donors (Lipinski definition) is 1. The van der Waals surface area contributed by atoms with Crippen LogP contribution in [0.3, 0.4) is 0 Å². The number of nitrogens with one attached hydrogen (secondary N) is 1. The molecule has 1 aliphatic carbocycles. The summed E-state index contributed by atoms with van der Waals surface area (Å²) in [6.45, 7) is 4.24. The number of ketones is 3. The molecule has 1 saturated carbocycles. The van der Waals surface area contributed by atoms with Gasteiger partial charge >= 0.3 is 0 Å². The highest BCUT2D eigenvalue weighted by molar-refractivity contribution is 6.22. The highest BCUT2D eigenvalue weighted by Gasteiger charge is 2.35. The van der Waals surface area contributed by atoms with Crippen molar-refractivity contribution in [2.24, 2.45) is 5.41 Å². The van der Waals surface area contributed by atoms with Gasteiger partial charge in [-0.25, -0.2) is 0 Å². The Balaban J connectivity index is 2.03. The SMILES string of the molecule is COCCC(=O)c1ccc(NC=C2C(=O)CC(C)(C)CC2=O)cc1. The Kier molecular flexibility index (Phi) is 5.67. The van der Waals surface area contributed by atoms with Crippen molar-refractivity contribution in [3.63, 3.8) is 0 Å². The monoisotopic (exact) mass is 329 g/mol. The van der Waals surface area contributed by atoms with Gasteiger partial charge < -0.3 is 10.1 Å². The van der Waals surface area contributed by atoms with Crippen LogP contribution in [0.5, 0.6) is 0 Å². The summed E-state index contributed by atoms with van der Waals surface area (Å²) in [5, 5.41) is 2.97. The number of carbonyl (C=O) groups excluding carboxylic acids is 3. The van der Waals surface area contributed by atoms with E-state index in [0.717, 1.165) is 5.69 Å². The summed E-state index contributed by atoms with van der Waals surface area (Å²) in [5.74, 6) is -0.244. The summed E-state index contributed by atoms with van der Waals surface area (Å²) in [7, 11) is 1.56. The van der Waals surface area contributed by atoms with Crippen LogP contribution in [0.25, 0.3) is 0 Å². The van der Waals surface area contributed by atoms with Crippen LogP contribution in [0.15, 0.2) is 36.0 Å². The second kappa shape index (κ2) is 7.53. The Hall–Kier alpha value is -2.27. The molecule has 0 radical (unpaired) electrons. The van der Waals surface area contributed by atoms with Crippen LogP contribution < -0.4 is 5.32 Å². The lowest BCUT2D eigenvalue weighted by Gasteiger charge is -2.28. The predicted molar refractivity (Wildman–Crippen MR) is 92.0 cm³/mol. The van der Waals surface area contributed by atoms with Gasteiger partial charge in [-0.1, -0.05) is 13.8 Å². The zero-order valence-electron chi connectivity index (χ0n) is 14.3. The fourth-order valence-corrected chi connectivity index (χ4v) is 2.69. The molecule has 0 bridgehead atoms. The number of hydrogen-bond acceptors (Lipinski definition) is 5. The van der Waals surface area contributed by atoms with Gasteiger partial charge in [0.15, 0.2) is 17.3 Å². The van der Waals surface area contributed by atoms with Crippen LogP contribution in [0, 0.1) is 5.41 Å². The van der Waals surface area contributed by atoms with Crippen molar-refractivity contribution >= 4 is 23.0 Å². The zero-order chi connectivity index (χ0) is 17.7. The molecule has 128 valence electrons. The van der Waals surface area contributed by atoms with Crippen molar-refractivity contribution < 1.29 is 19.1 Å². The number of carbonyl (C=O) groups is 3. The van der Waals surface area contributed by atoms with Gasteiger partial charge in [0, 0.05) is 43.8 Å². The van der Waals surface area contributed by atoms with Gasteiger partial charge in [-0.3, -0.25) is 14.4 Å². The number of allylic oxidation sites excluding steroid dienone is 1. The molecule has 0 unspecified atom stereocenters. The summed E-state index contributed by atoms with van der Waals surface area (Å²) in [6.07, 6.45) is 2.56. The van der Waals surface area contributed by atoms with Crippen LogP contribution >= 0.6 is 0 Å². The van der Waals surface area contributed by atoms with E-state index in [9.17, 15) is 14.4 Å². The molecule has 0 spiro atoms. The Morgan fingerprint density at radius 1 is 1.17 bits per heavy atom. The van der Waals surface area contributed by atoms with Crippen molar-refractivity contribution in [2.75, 3.05) is 19.0 Å². The van der Waals surface area contributed by atoms with Crippen molar-refractivity contribution in [3.05, 3.63) is 41.6 Å². The zero-order valence-corrected chi connectivity index (χ0v) is 14.3. The Morgan fingerprint density at radius 2 is 1.75 bits per heavy atom. The van der Waals surface area contributed by atoms with E-state index in [1.165, 1.54) is 6.20 Å². The molecule has 0 aromatic heterocycles. The molecule has 0 saturated heterocycles.